The standard InChI is InChI=1S/C14H7BrCl3FN2/c15-8-2-1-7(3-9(8)17)21-13-5-11(19)10(18)4-12(13)20-14(21)6-16/h1-5H,6H2. The first kappa shape index (κ1) is 15.1. The van der Waals surface area contributed by atoms with Crippen LogP contribution in [-0.2, 0) is 5.88 Å². The molecule has 0 radical (unpaired) electrons. The van der Waals surface area contributed by atoms with Crippen LogP contribution in [-0.4, -0.2) is 9.55 Å². The molecule has 0 spiro atoms. The minimum Gasteiger partial charge on any atom is -0.295 e. The molecule has 21 heavy (non-hydrogen) atoms. The highest BCUT2D eigenvalue weighted by molar-refractivity contribution is 9.10. The number of alkyl halides is 1. The average Bonchev–Trinajstić information content (AvgIpc) is 2.80. The average molecular weight is 408 g/mol. The van der Waals surface area contributed by atoms with Crippen molar-refractivity contribution in [3.05, 3.63) is 56.5 Å². The van der Waals surface area contributed by atoms with Gasteiger partial charge < -0.3 is 0 Å². The highest BCUT2D eigenvalue weighted by atomic mass is 79.9. The van der Waals surface area contributed by atoms with Gasteiger partial charge in [-0.05, 0) is 40.2 Å². The summed E-state index contributed by atoms with van der Waals surface area (Å²) in [4.78, 5) is 4.39. The Bertz CT molecular complexity index is 848. The van der Waals surface area contributed by atoms with Gasteiger partial charge in [0.05, 0.1) is 27.0 Å². The molecule has 108 valence electrons. The van der Waals surface area contributed by atoms with E-state index >= 15 is 0 Å². The van der Waals surface area contributed by atoms with Crippen molar-refractivity contribution in [1.29, 1.82) is 0 Å². The molecular weight excluding hydrogens is 401 g/mol. The van der Waals surface area contributed by atoms with Crippen molar-refractivity contribution in [2.75, 3.05) is 0 Å². The molecule has 1 heterocycles. The van der Waals surface area contributed by atoms with Gasteiger partial charge in [-0.25, -0.2) is 9.37 Å². The Balaban J connectivity index is 2.34. The maximum absolute atomic E-state index is 13.8. The number of hydrogen-bond acceptors (Lipinski definition) is 1. The van der Waals surface area contributed by atoms with Crippen molar-refractivity contribution < 1.29 is 4.39 Å². The molecule has 0 fully saturated rings. The Labute approximate surface area is 143 Å². The van der Waals surface area contributed by atoms with Crippen LogP contribution in [0.4, 0.5) is 4.39 Å². The molecule has 7 heteroatoms. The van der Waals surface area contributed by atoms with Crippen LogP contribution in [0, 0.1) is 5.82 Å². The van der Waals surface area contributed by atoms with Crippen LogP contribution in [0.3, 0.4) is 0 Å². The van der Waals surface area contributed by atoms with Crippen molar-refractivity contribution in [3.63, 3.8) is 0 Å². The Morgan fingerprint density at radius 2 is 1.90 bits per heavy atom. The van der Waals surface area contributed by atoms with Crippen LogP contribution < -0.4 is 0 Å². The van der Waals surface area contributed by atoms with Crippen molar-refractivity contribution in [2.45, 2.75) is 5.88 Å². The van der Waals surface area contributed by atoms with E-state index in [1.54, 1.807) is 10.6 Å². The monoisotopic (exact) mass is 406 g/mol. The van der Waals surface area contributed by atoms with E-state index in [9.17, 15) is 4.39 Å². The molecule has 2 aromatic carbocycles. The Morgan fingerprint density at radius 3 is 2.57 bits per heavy atom. The second-order valence-corrected chi connectivity index (χ2v) is 6.29. The smallest absolute Gasteiger partial charge is 0.144 e. The van der Waals surface area contributed by atoms with Crippen LogP contribution in [0.1, 0.15) is 5.82 Å². The number of benzene rings is 2. The fourth-order valence-corrected chi connectivity index (χ4v) is 2.88. The zero-order valence-electron chi connectivity index (χ0n) is 10.4. The van der Waals surface area contributed by atoms with Gasteiger partial charge in [-0.3, -0.25) is 4.57 Å². The van der Waals surface area contributed by atoms with Gasteiger partial charge in [0, 0.05) is 16.2 Å². The fourth-order valence-electron chi connectivity index (χ4n) is 2.12. The third kappa shape index (κ3) is 2.66. The predicted molar refractivity (Wildman–Crippen MR) is 88.3 cm³/mol. The molecule has 0 aliphatic rings. The van der Waals surface area contributed by atoms with Gasteiger partial charge in [0.15, 0.2) is 0 Å². The lowest BCUT2D eigenvalue weighted by atomic mass is 10.2. The number of hydrogen-bond donors (Lipinski definition) is 0. The van der Waals surface area contributed by atoms with Crippen molar-refractivity contribution in [1.82, 2.24) is 9.55 Å². The van der Waals surface area contributed by atoms with Gasteiger partial charge in [-0.15, -0.1) is 11.6 Å². The lowest BCUT2D eigenvalue weighted by molar-refractivity contribution is 0.629. The van der Waals surface area contributed by atoms with Gasteiger partial charge in [0.25, 0.3) is 0 Å². The second-order valence-electron chi connectivity index (χ2n) is 4.35. The van der Waals surface area contributed by atoms with E-state index < -0.39 is 5.82 Å². The number of aromatic nitrogens is 2. The first-order valence-corrected chi connectivity index (χ1v) is 7.97. The van der Waals surface area contributed by atoms with Crippen LogP contribution in [0.15, 0.2) is 34.8 Å². The normalized spacial score (nSPS) is 11.3. The molecule has 3 rings (SSSR count). The van der Waals surface area contributed by atoms with Crippen LogP contribution in [0.2, 0.25) is 10.0 Å². The minimum absolute atomic E-state index is 0.0297. The van der Waals surface area contributed by atoms with Gasteiger partial charge in [0.2, 0.25) is 0 Å². The lowest BCUT2D eigenvalue weighted by Crippen LogP contribution is -1.99. The van der Waals surface area contributed by atoms with Gasteiger partial charge >= 0.3 is 0 Å². The molecule has 0 saturated carbocycles. The van der Waals surface area contributed by atoms with Gasteiger partial charge in [0.1, 0.15) is 11.6 Å². The van der Waals surface area contributed by atoms with Crippen molar-refractivity contribution in [3.8, 4) is 5.69 Å². The summed E-state index contributed by atoms with van der Waals surface area (Å²) in [6.07, 6.45) is 0. The predicted octanol–water partition coefficient (Wildman–Crippen LogP) is 5.97. The number of halogens is 5. The van der Waals surface area contributed by atoms with E-state index in [0.29, 0.717) is 21.9 Å². The summed E-state index contributed by atoms with van der Waals surface area (Å²) in [5.41, 5.74) is 1.92. The number of nitrogens with zero attached hydrogens (tertiary/aromatic N) is 2. The molecule has 0 amide bonds. The first-order chi connectivity index (χ1) is 10.0. The van der Waals surface area contributed by atoms with Crippen molar-refractivity contribution >= 4 is 61.8 Å². The lowest BCUT2D eigenvalue weighted by Gasteiger charge is -2.09. The van der Waals surface area contributed by atoms with E-state index in [2.05, 4.69) is 20.9 Å². The summed E-state index contributed by atoms with van der Waals surface area (Å²) in [5.74, 6) is 0.267. The largest absolute Gasteiger partial charge is 0.295 e. The summed E-state index contributed by atoms with van der Waals surface area (Å²) in [7, 11) is 0. The molecule has 0 bridgehead atoms. The molecule has 0 aliphatic heterocycles. The first-order valence-electron chi connectivity index (χ1n) is 5.89. The topological polar surface area (TPSA) is 17.8 Å². The minimum atomic E-state index is -0.505. The van der Waals surface area contributed by atoms with Crippen LogP contribution in [0.5, 0.6) is 0 Å². The number of fused-ring (bicyclic) bond motifs is 1. The number of imidazole rings is 1. The Morgan fingerprint density at radius 1 is 1.14 bits per heavy atom. The van der Waals surface area contributed by atoms with Crippen molar-refractivity contribution in [2.24, 2.45) is 0 Å². The summed E-state index contributed by atoms with van der Waals surface area (Å²) in [5, 5.41) is 0.575. The zero-order chi connectivity index (χ0) is 15.1. The molecule has 0 unspecified atom stereocenters. The van der Waals surface area contributed by atoms with Crippen LogP contribution >= 0.6 is 50.7 Å². The highest BCUT2D eigenvalue weighted by Gasteiger charge is 2.15. The van der Waals surface area contributed by atoms with E-state index in [4.69, 9.17) is 34.8 Å². The molecule has 0 N–H and O–H groups in total. The van der Waals surface area contributed by atoms with E-state index in [-0.39, 0.29) is 10.9 Å². The number of rotatable bonds is 2. The quantitative estimate of drug-likeness (QED) is 0.478. The third-order valence-electron chi connectivity index (χ3n) is 3.05. The van der Waals surface area contributed by atoms with Crippen LogP contribution in [0.25, 0.3) is 16.7 Å². The molecule has 1 aromatic heterocycles. The summed E-state index contributed by atoms with van der Waals surface area (Å²) in [6, 6.07) is 8.25. The summed E-state index contributed by atoms with van der Waals surface area (Å²) in [6.45, 7) is 0. The Hall–Kier alpha value is -0.810. The van der Waals surface area contributed by atoms with E-state index in [1.807, 2.05) is 12.1 Å². The second kappa shape index (κ2) is 5.76. The van der Waals surface area contributed by atoms with Gasteiger partial charge in [-0.2, -0.15) is 0 Å². The molecule has 0 atom stereocenters. The fraction of sp³-hybridized carbons (Fsp3) is 0.0714. The maximum Gasteiger partial charge on any atom is 0.144 e. The summed E-state index contributed by atoms with van der Waals surface area (Å²) < 4.78 is 16.3. The van der Waals surface area contributed by atoms with Gasteiger partial charge in [-0.1, -0.05) is 23.2 Å². The molecular formula is C14H7BrCl3FN2. The molecule has 0 aliphatic carbocycles. The third-order valence-corrected chi connectivity index (χ3v) is 4.81. The zero-order valence-corrected chi connectivity index (χ0v) is 14.2. The molecule has 0 saturated heterocycles. The molecule has 2 nitrogen and oxygen atoms in total. The van der Waals surface area contributed by atoms with E-state index in [1.165, 1.54) is 12.1 Å². The van der Waals surface area contributed by atoms with E-state index in [0.717, 1.165) is 10.2 Å². The summed E-state index contributed by atoms with van der Waals surface area (Å²) >= 11 is 21.2. The maximum atomic E-state index is 13.8. The SMILES string of the molecule is Fc1cc2c(cc1Cl)nc(CCl)n2-c1ccc(Br)c(Cl)c1. The Kier molecular flexibility index (Phi) is 4.14. The molecule has 3 aromatic rings. The highest BCUT2D eigenvalue weighted by Crippen LogP contribution is 2.30.